The zero-order chi connectivity index (χ0) is 14.0. The van der Waals surface area contributed by atoms with Crippen LogP contribution in [-0.4, -0.2) is 13.1 Å². The Balaban J connectivity index is 2.31. The Labute approximate surface area is 110 Å². The molecule has 0 aliphatic rings. The zero-order valence-electron chi connectivity index (χ0n) is 10.6. The summed E-state index contributed by atoms with van der Waals surface area (Å²) in [6.07, 6.45) is 0. The Kier molecular flexibility index (Phi) is 3.66. The molecule has 2 N–H and O–H groups in total. The lowest BCUT2D eigenvalue weighted by Gasteiger charge is -2.10. The Hall–Kier alpha value is -2.14. The standard InChI is InChI=1S/C14H14FNO3/c1-8-3-4-9(10(15)7-8)13(16)11-5-6-12(19-11)14(17)18-2/h3-7,13H,16H2,1-2H3. The SMILES string of the molecule is COC(=O)c1ccc(C(N)c2ccc(C)cc2F)o1. The molecule has 5 heteroatoms. The summed E-state index contributed by atoms with van der Waals surface area (Å²) in [5, 5.41) is 0. The van der Waals surface area contributed by atoms with Gasteiger partial charge in [0.1, 0.15) is 11.6 Å². The van der Waals surface area contributed by atoms with Crippen LogP contribution in [0.5, 0.6) is 0 Å². The molecular weight excluding hydrogens is 249 g/mol. The van der Waals surface area contributed by atoms with Crippen LogP contribution in [0.4, 0.5) is 4.39 Å². The van der Waals surface area contributed by atoms with Gasteiger partial charge in [0, 0.05) is 5.56 Å². The molecule has 19 heavy (non-hydrogen) atoms. The molecule has 0 aliphatic heterocycles. The van der Waals surface area contributed by atoms with Crippen molar-refractivity contribution in [1.82, 2.24) is 0 Å². The number of carbonyl (C=O) groups is 1. The zero-order valence-corrected chi connectivity index (χ0v) is 10.6. The van der Waals surface area contributed by atoms with Gasteiger partial charge in [-0.1, -0.05) is 12.1 Å². The Morgan fingerprint density at radius 1 is 1.37 bits per heavy atom. The van der Waals surface area contributed by atoms with Crippen molar-refractivity contribution in [3.63, 3.8) is 0 Å². The third kappa shape index (κ3) is 2.66. The number of furan rings is 1. The van der Waals surface area contributed by atoms with Crippen molar-refractivity contribution in [3.8, 4) is 0 Å². The fraction of sp³-hybridized carbons (Fsp3) is 0.214. The number of ether oxygens (including phenoxy) is 1. The van der Waals surface area contributed by atoms with Gasteiger partial charge in [0.15, 0.2) is 0 Å². The van der Waals surface area contributed by atoms with Gasteiger partial charge in [-0.05, 0) is 30.7 Å². The predicted octanol–water partition coefficient (Wildman–Crippen LogP) is 2.56. The number of nitrogens with two attached hydrogens (primary N) is 1. The van der Waals surface area contributed by atoms with Crippen LogP contribution in [0.25, 0.3) is 0 Å². The minimum atomic E-state index is -0.765. The molecule has 0 bridgehead atoms. The summed E-state index contributed by atoms with van der Waals surface area (Å²) >= 11 is 0. The average molecular weight is 263 g/mol. The lowest BCUT2D eigenvalue weighted by atomic mass is 10.0. The van der Waals surface area contributed by atoms with Crippen LogP contribution in [0.1, 0.15) is 33.5 Å². The molecule has 0 saturated carbocycles. The lowest BCUT2D eigenvalue weighted by molar-refractivity contribution is 0.0562. The van der Waals surface area contributed by atoms with Crippen LogP contribution in [0, 0.1) is 12.7 Å². The van der Waals surface area contributed by atoms with Gasteiger partial charge >= 0.3 is 5.97 Å². The number of halogens is 1. The maximum atomic E-state index is 13.8. The first-order chi connectivity index (χ1) is 9.02. The number of benzene rings is 1. The van der Waals surface area contributed by atoms with E-state index in [0.717, 1.165) is 5.56 Å². The Morgan fingerprint density at radius 2 is 2.11 bits per heavy atom. The summed E-state index contributed by atoms with van der Waals surface area (Å²) in [6.45, 7) is 1.79. The van der Waals surface area contributed by atoms with Crippen molar-refractivity contribution in [2.24, 2.45) is 5.73 Å². The molecule has 0 spiro atoms. The number of hydrogen-bond acceptors (Lipinski definition) is 4. The normalized spacial score (nSPS) is 12.2. The van der Waals surface area contributed by atoms with Crippen LogP contribution >= 0.6 is 0 Å². The van der Waals surface area contributed by atoms with Crippen LogP contribution in [0.2, 0.25) is 0 Å². The first kappa shape index (κ1) is 13.3. The number of aryl methyl sites for hydroxylation is 1. The second-order valence-electron chi connectivity index (χ2n) is 4.20. The fourth-order valence-electron chi connectivity index (χ4n) is 1.77. The highest BCUT2D eigenvalue weighted by Gasteiger charge is 2.19. The molecule has 1 aromatic heterocycles. The van der Waals surface area contributed by atoms with E-state index in [2.05, 4.69) is 4.74 Å². The number of carbonyl (C=O) groups excluding carboxylic acids is 1. The maximum Gasteiger partial charge on any atom is 0.373 e. The molecule has 100 valence electrons. The molecule has 0 amide bonds. The van der Waals surface area contributed by atoms with E-state index < -0.39 is 17.8 Å². The van der Waals surface area contributed by atoms with E-state index >= 15 is 0 Å². The van der Waals surface area contributed by atoms with Crippen molar-refractivity contribution in [2.45, 2.75) is 13.0 Å². The number of hydrogen-bond donors (Lipinski definition) is 1. The van der Waals surface area contributed by atoms with Crippen molar-refractivity contribution in [2.75, 3.05) is 7.11 Å². The molecule has 1 atom stereocenters. The van der Waals surface area contributed by atoms with Crippen molar-refractivity contribution in [1.29, 1.82) is 0 Å². The van der Waals surface area contributed by atoms with E-state index in [1.165, 1.54) is 25.3 Å². The maximum absolute atomic E-state index is 13.8. The van der Waals surface area contributed by atoms with Gasteiger partial charge in [0.05, 0.1) is 13.2 Å². The van der Waals surface area contributed by atoms with E-state index in [1.54, 1.807) is 19.1 Å². The van der Waals surface area contributed by atoms with Gasteiger partial charge in [0.2, 0.25) is 5.76 Å². The predicted molar refractivity (Wildman–Crippen MR) is 67.2 cm³/mol. The molecule has 1 heterocycles. The number of methoxy groups -OCH3 is 1. The van der Waals surface area contributed by atoms with Gasteiger partial charge in [-0.3, -0.25) is 0 Å². The molecule has 0 fully saturated rings. The molecule has 1 aromatic carbocycles. The summed E-state index contributed by atoms with van der Waals surface area (Å²) in [5.74, 6) is -0.644. The molecular formula is C14H14FNO3. The third-order valence-corrected chi connectivity index (χ3v) is 2.81. The Morgan fingerprint density at radius 3 is 2.74 bits per heavy atom. The highest BCUT2D eigenvalue weighted by Crippen LogP contribution is 2.24. The number of esters is 1. The topological polar surface area (TPSA) is 65.5 Å². The minimum absolute atomic E-state index is 0.0421. The molecule has 1 unspecified atom stereocenters. The van der Waals surface area contributed by atoms with Crippen LogP contribution in [0.15, 0.2) is 34.7 Å². The first-order valence-electron chi connectivity index (χ1n) is 5.72. The molecule has 0 saturated heterocycles. The highest BCUT2D eigenvalue weighted by molar-refractivity contribution is 5.86. The molecule has 4 nitrogen and oxygen atoms in total. The van der Waals surface area contributed by atoms with Crippen molar-refractivity contribution in [3.05, 3.63) is 58.8 Å². The van der Waals surface area contributed by atoms with E-state index in [4.69, 9.17) is 10.2 Å². The number of rotatable bonds is 3. The highest BCUT2D eigenvalue weighted by atomic mass is 19.1. The second-order valence-corrected chi connectivity index (χ2v) is 4.20. The summed E-state index contributed by atoms with van der Waals surface area (Å²) < 4.78 is 23.6. The minimum Gasteiger partial charge on any atom is -0.463 e. The van der Waals surface area contributed by atoms with Crippen LogP contribution in [-0.2, 0) is 4.74 Å². The second kappa shape index (κ2) is 5.24. The van der Waals surface area contributed by atoms with Gasteiger partial charge in [0.25, 0.3) is 0 Å². The van der Waals surface area contributed by atoms with Gasteiger partial charge in [-0.25, -0.2) is 9.18 Å². The van der Waals surface area contributed by atoms with Crippen LogP contribution in [0.3, 0.4) is 0 Å². The lowest BCUT2D eigenvalue weighted by Crippen LogP contribution is -2.13. The summed E-state index contributed by atoms with van der Waals surface area (Å²) in [6, 6.07) is 7.00. The van der Waals surface area contributed by atoms with E-state index in [0.29, 0.717) is 11.3 Å². The van der Waals surface area contributed by atoms with Crippen molar-refractivity contribution >= 4 is 5.97 Å². The fourth-order valence-corrected chi connectivity index (χ4v) is 1.77. The van der Waals surface area contributed by atoms with E-state index in [1.807, 2.05) is 0 Å². The average Bonchev–Trinajstić information content (AvgIpc) is 2.86. The summed E-state index contributed by atoms with van der Waals surface area (Å²) in [4.78, 5) is 11.3. The Bertz CT molecular complexity index is 606. The summed E-state index contributed by atoms with van der Waals surface area (Å²) in [5.41, 5.74) is 7.06. The molecule has 2 rings (SSSR count). The van der Waals surface area contributed by atoms with Gasteiger partial charge in [-0.15, -0.1) is 0 Å². The van der Waals surface area contributed by atoms with Crippen LogP contribution < -0.4 is 5.73 Å². The monoisotopic (exact) mass is 263 g/mol. The molecule has 0 radical (unpaired) electrons. The quantitative estimate of drug-likeness (QED) is 0.864. The smallest absolute Gasteiger partial charge is 0.373 e. The van der Waals surface area contributed by atoms with Crippen molar-refractivity contribution < 1.29 is 18.3 Å². The molecule has 0 aliphatic carbocycles. The van der Waals surface area contributed by atoms with E-state index in [-0.39, 0.29) is 5.76 Å². The third-order valence-electron chi connectivity index (χ3n) is 2.81. The summed E-state index contributed by atoms with van der Waals surface area (Å²) in [7, 11) is 1.25. The molecule has 2 aromatic rings. The first-order valence-corrected chi connectivity index (χ1v) is 5.72. The van der Waals surface area contributed by atoms with Gasteiger partial charge < -0.3 is 14.9 Å². The van der Waals surface area contributed by atoms with Gasteiger partial charge in [-0.2, -0.15) is 0 Å². The largest absolute Gasteiger partial charge is 0.463 e. The van der Waals surface area contributed by atoms with E-state index in [9.17, 15) is 9.18 Å².